The van der Waals surface area contributed by atoms with Gasteiger partial charge in [-0.15, -0.1) is 0 Å². The predicted molar refractivity (Wildman–Crippen MR) is 83.2 cm³/mol. The zero-order valence-electron chi connectivity index (χ0n) is 13.1. The summed E-state index contributed by atoms with van der Waals surface area (Å²) in [7, 11) is 1.51. The second-order valence-electron chi connectivity index (χ2n) is 5.74. The molecule has 0 radical (unpaired) electrons. The van der Waals surface area contributed by atoms with Crippen LogP contribution in [0.25, 0.3) is 0 Å². The number of carbonyl (C=O) groups is 1. The molecule has 0 aromatic heterocycles. The van der Waals surface area contributed by atoms with E-state index in [-0.39, 0.29) is 6.09 Å². The van der Waals surface area contributed by atoms with Gasteiger partial charge in [0.25, 0.3) is 0 Å². The molecule has 1 atom stereocenters. The lowest BCUT2D eigenvalue weighted by Crippen LogP contribution is -2.38. The van der Waals surface area contributed by atoms with Crippen molar-refractivity contribution in [1.29, 1.82) is 0 Å². The fraction of sp³-hybridized carbons (Fsp3) is 0.588. The van der Waals surface area contributed by atoms with Crippen molar-refractivity contribution >= 4 is 6.09 Å². The van der Waals surface area contributed by atoms with Crippen molar-refractivity contribution in [3.05, 3.63) is 35.9 Å². The molecule has 2 rings (SSSR count). The number of aliphatic hydroxyl groups is 1. The van der Waals surface area contributed by atoms with E-state index in [0.717, 1.165) is 37.9 Å². The van der Waals surface area contributed by atoms with Gasteiger partial charge in [0, 0.05) is 20.2 Å². The molecule has 0 aliphatic carbocycles. The lowest BCUT2D eigenvalue weighted by molar-refractivity contribution is -0.0820. The highest BCUT2D eigenvalue weighted by Crippen LogP contribution is 2.23. The summed E-state index contributed by atoms with van der Waals surface area (Å²) in [6, 6.07) is 9.70. The average Bonchev–Trinajstić information content (AvgIpc) is 2.59. The van der Waals surface area contributed by atoms with Crippen LogP contribution in [-0.4, -0.2) is 42.6 Å². The molecule has 5 heteroatoms. The standard InChI is InChI=1S/C17H25NO4/c1-21-16(19)8-7-14-9-11-18(12-10-14)17(20)22-13-15-5-3-2-4-6-15/h2-6,14,16,19H,7-13H2,1H3. The van der Waals surface area contributed by atoms with Crippen LogP contribution in [0.2, 0.25) is 0 Å². The number of amides is 1. The molecule has 1 amide bonds. The molecule has 1 aromatic rings. The monoisotopic (exact) mass is 307 g/mol. The molecule has 1 unspecified atom stereocenters. The first-order chi connectivity index (χ1) is 10.7. The second-order valence-corrected chi connectivity index (χ2v) is 5.74. The Morgan fingerprint density at radius 1 is 1.32 bits per heavy atom. The van der Waals surface area contributed by atoms with Crippen molar-refractivity contribution in [3.63, 3.8) is 0 Å². The fourth-order valence-corrected chi connectivity index (χ4v) is 2.71. The van der Waals surface area contributed by atoms with Crippen LogP contribution in [0.1, 0.15) is 31.2 Å². The third-order valence-corrected chi connectivity index (χ3v) is 4.17. The molecule has 5 nitrogen and oxygen atoms in total. The Morgan fingerprint density at radius 3 is 2.64 bits per heavy atom. The van der Waals surface area contributed by atoms with Crippen molar-refractivity contribution in [1.82, 2.24) is 4.90 Å². The van der Waals surface area contributed by atoms with Crippen molar-refractivity contribution in [3.8, 4) is 0 Å². The third-order valence-electron chi connectivity index (χ3n) is 4.17. The average molecular weight is 307 g/mol. The Labute approximate surface area is 131 Å². The second kappa shape index (κ2) is 8.76. The maximum Gasteiger partial charge on any atom is 0.410 e. The summed E-state index contributed by atoms with van der Waals surface area (Å²) in [5, 5.41) is 9.40. The van der Waals surface area contributed by atoms with Gasteiger partial charge < -0.3 is 19.5 Å². The van der Waals surface area contributed by atoms with Crippen LogP contribution in [0.3, 0.4) is 0 Å². The van der Waals surface area contributed by atoms with Gasteiger partial charge in [-0.1, -0.05) is 30.3 Å². The minimum absolute atomic E-state index is 0.237. The largest absolute Gasteiger partial charge is 0.445 e. The molecule has 1 heterocycles. The summed E-state index contributed by atoms with van der Waals surface area (Å²) in [5.74, 6) is 0.544. The molecule has 1 aliphatic rings. The number of hydrogen-bond acceptors (Lipinski definition) is 4. The molecule has 1 aliphatic heterocycles. The Hall–Kier alpha value is -1.59. The minimum Gasteiger partial charge on any atom is -0.445 e. The number of aliphatic hydroxyl groups excluding tert-OH is 1. The van der Waals surface area contributed by atoms with E-state index < -0.39 is 6.29 Å². The number of likely N-dealkylation sites (tertiary alicyclic amines) is 1. The number of benzene rings is 1. The molecule has 0 bridgehead atoms. The number of piperidine rings is 1. The lowest BCUT2D eigenvalue weighted by Gasteiger charge is -2.31. The molecule has 1 saturated heterocycles. The quantitative estimate of drug-likeness (QED) is 0.821. The van der Waals surface area contributed by atoms with Crippen LogP contribution >= 0.6 is 0 Å². The molecular weight excluding hydrogens is 282 g/mol. The van der Waals surface area contributed by atoms with Crippen LogP contribution in [-0.2, 0) is 16.1 Å². The van der Waals surface area contributed by atoms with Crippen molar-refractivity contribution in [2.45, 2.75) is 38.6 Å². The summed E-state index contributed by atoms with van der Waals surface area (Å²) >= 11 is 0. The van der Waals surface area contributed by atoms with Crippen LogP contribution in [0.15, 0.2) is 30.3 Å². The smallest absolute Gasteiger partial charge is 0.410 e. The third kappa shape index (κ3) is 5.31. The topological polar surface area (TPSA) is 59.0 Å². The number of carbonyl (C=O) groups excluding carboxylic acids is 1. The van der Waals surface area contributed by atoms with E-state index >= 15 is 0 Å². The Bertz CT molecular complexity index is 443. The normalized spacial score (nSPS) is 17.3. The van der Waals surface area contributed by atoms with E-state index in [2.05, 4.69) is 0 Å². The van der Waals surface area contributed by atoms with Crippen LogP contribution in [0.5, 0.6) is 0 Å². The van der Waals surface area contributed by atoms with E-state index in [9.17, 15) is 9.90 Å². The lowest BCUT2D eigenvalue weighted by atomic mass is 9.92. The van der Waals surface area contributed by atoms with Crippen LogP contribution in [0.4, 0.5) is 4.79 Å². The molecule has 1 N–H and O–H groups in total. The first-order valence-electron chi connectivity index (χ1n) is 7.85. The zero-order chi connectivity index (χ0) is 15.8. The van der Waals surface area contributed by atoms with Crippen molar-refractivity contribution in [2.75, 3.05) is 20.2 Å². The van der Waals surface area contributed by atoms with Crippen molar-refractivity contribution in [2.24, 2.45) is 5.92 Å². The number of nitrogens with zero attached hydrogens (tertiary/aromatic N) is 1. The van der Waals surface area contributed by atoms with Gasteiger partial charge in [0.15, 0.2) is 6.29 Å². The Kier molecular flexibility index (Phi) is 6.68. The fourth-order valence-electron chi connectivity index (χ4n) is 2.71. The molecule has 1 aromatic carbocycles. The van der Waals surface area contributed by atoms with E-state index in [1.54, 1.807) is 4.90 Å². The van der Waals surface area contributed by atoms with Gasteiger partial charge in [0.2, 0.25) is 0 Å². The van der Waals surface area contributed by atoms with Gasteiger partial charge in [-0.25, -0.2) is 4.79 Å². The van der Waals surface area contributed by atoms with Crippen LogP contribution < -0.4 is 0 Å². The molecule has 0 saturated carbocycles. The highest BCUT2D eigenvalue weighted by atomic mass is 16.6. The van der Waals surface area contributed by atoms with Gasteiger partial charge in [-0.2, -0.15) is 0 Å². The summed E-state index contributed by atoms with van der Waals surface area (Å²) in [5.41, 5.74) is 0.999. The van der Waals surface area contributed by atoms with E-state index in [0.29, 0.717) is 18.9 Å². The first-order valence-corrected chi connectivity index (χ1v) is 7.85. The van der Waals surface area contributed by atoms with Gasteiger partial charge in [-0.05, 0) is 37.2 Å². The van der Waals surface area contributed by atoms with E-state index in [1.165, 1.54) is 7.11 Å². The number of ether oxygens (including phenoxy) is 2. The minimum atomic E-state index is -0.672. The number of hydrogen-bond donors (Lipinski definition) is 1. The summed E-state index contributed by atoms with van der Waals surface area (Å²) in [6.45, 7) is 1.77. The highest BCUT2D eigenvalue weighted by molar-refractivity contribution is 5.67. The van der Waals surface area contributed by atoms with Gasteiger partial charge in [0.1, 0.15) is 6.61 Å². The molecule has 22 heavy (non-hydrogen) atoms. The summed E-state index contributed by atoms with van der Waals surface area (Å²) < 4.78 is 10.2. The summed E-state index contributed by atoms with van der Waals surface area (Å²) in [4.78, 5) is 13.8. The maximum atomic E-state index is 12.0. The van der Waals surface area contributed by atoms with Gasteiger partial charge >= 0.3 is 6.09 Å². The SMILES string of the molecule is COC(O)CCC1CCN(C(=O)OCc2ccccc2)CC1. The number of rotatable bonds is 6. The molecule has 122 valence electrons. The van der Waals surface area contributed by atoms with Crippen LogP contribution in [0, 0.1) is 5.92 Å². The van der Waals surface area contributed by atoms with E-state index in [1.807, 2.05) is 30.3 Å². The van der Waals surface area contributed by atoms with E-state index in [4.69, 9.17) is 9.47 Å². The van der Waals surface area contributed by atoms with Gasteiger partial charge in [0.05, 0.1) is 0 Å². The number of methoxy groups -OCH3 is 1. The highest BCUT2D eigenvalue weighted by Gasteiger charge is 2.24. The molecule has 0 spiro atoms. The maximum absolute atomic E-state index is 12.0. The molecule has 1 fully saturated rings. The predicted octanol–water partition coefficient (Wildman–Crippen LogP) is 2.78. The summed E-state index contributed by atoms with van der Waals surface area (Å²) in [6.07, 6.45) is 2.59. The Balaban J connectivity index is 1.66. The zero-order valence-corrected chi connectivity index (χ0v) is 13.1. The molecular formula is C17H25NO4. The van der Waals surface area contributed by atoms with Gasteiger partial charge in [-0.3, -0.25) is 0 Å². The van der Waals surface area contributed by atoms with Crippen molar-refractivity contribution < 1.29 is 19.4 Å². The Morgan fingerprint density at radius 2 is 2.00 bits per heavy atom. The first kappa shape index (κ1) is 16.8.